The molecule has 2 N–H and O–H groups in total. The van der Waals surface area contributed by atoms with Gasteiger partial charge in [0.25, 0.3) is 5.91 Å². The van der Waals surface area contributed by atoms with Crippen molar-refractivity contribution in [3.05, 3.63) is 35.9 Å². The van der Waals surface area contributed by atoms with Gasteiger partial charge in [-0.1, -0.05) is 49.6 Å². The van der Waals surface area contributed by atoms with Gasteiger partial charge in [-0.05, 0) is 25.3 Å². The summed E-state index contributed by atoms with van der Waals surface area (Å²) in [5, 5.41) is 12.4. The molecule has 0 aromatic heterocycles. The number of imide groups is 1. The van der Waals surface area contributed by atoms with Crippen molar-refractivity contribution in [3.8, 4) is 0 Å². The summed E-state index contributed by atoms with van der Waals surface area (Å²) in [6, 6.07) is 9.04. The fourth-order valence-electron chi connectivity index (χ4n) is 2.85. The Morgan fingerprint density at radius 2 is 1.86 bits per heavy atom. The van der Waals surface area contributed by atoms with E-state index in [1.165, 1.54) is 11.8 Å². The van der Waals surface area contributed by atoms with Gasteiger partial charge in [-0.3, -0.25) is 9.69 Å². The summed E-state index contributed by atoms with van der Waals surface area (Å²) in [6.45, 7) is 1.78. The van der Waals surface area contributed by atoms with E-state index in [4.69, 9.17) is 0 Å². The first kappa shape index (κ1) is 16.5. The average Bonchev–Trinajstić information content (AvgIpc) is 2.55. The van der Waals surface area contributed by atoms with E-state index in [0.29, 0.717) is 6.54 Å². The number of amides is 3. The van der Waals surface area contributed by atoms with Gasteiger partial charge in [-0.25, -0.2) is 4.79 Å². The van der Waals surface area contributed by atoms with Crippen molar-refractivity contribution >= 4 is 11.9 Å². The van der Waals surface area contributed by atoms with Crippen molar-refractivity contribution in [2.75, 3.05) is 0 Å². The molecule has 0 spiro atoms. The van der Waals surface area contributed by atoms with Crippen molar-refractivity contribution in [1.29, 1.82) is 0 Å². The number of carbonyl (C=O) groups excluding carboxylic acids is 2. The summed E-state index contributed by atoms with van der Waals surface area (Å²) < 4.78 is 0. The van der Waals surface area contributed by atoms with E-state index in [9.17, 15) is 14.7 Å². The van der Waals surface area contributed by atoms with Crippen LogP contribution in [0.25, 0.3) is 0 Å². The normalized spacial score (nSPS) is 16.8. The van der Waals surface area contributed by atoms with Crippen LogP contribution in [0.3, 0.4) is 0 Å². The van der Waals surface area contributed by atoms with Crippen LogP contribution in [0.15, 0.2) is 30.3 Å². The largest absolute Gasteiger partial charge is 0.384 e. The molecule has 5 heteroatoms. The molecule has 0 heterocycles. The van der Waals surface area contributed by atoms with Gasteiger partial charge < -0.3 is 10.4 Å². The first-order valence-corrected chi connectivity index (χ1v) is 7.92. The van der Waals surface area contributed by atoms with Gasteiger partial charge in [0.1, 0.15) is 6.10 Å². The summed E-state index contributed by atoms with van der Waals surface area (Å²) in [4.78, 5) is 25.9. The van der Waals surface area contributed by atoms with Gasteiger partial charge in [0.2, 0.25) is 0 Å². The second kappa shape index (κ2) is 7.94. The highest BCUT2D eigenvalue weighted by Crippen LogP contribution is 2.23. The molecule has 22 heavy (non-hydrogen) atoms. The van der Waals surface area contributed by atoms with Crippen LogP contribution in [0, 0.1) is 0 Å². The van der Waals surface area contributed by atoms with E-state index in [0.717, 1.165) is 37.7 Å². The first-order chi connectivity index (χ1) is 10.6. The predicted molar refractivity (Wildman–Crippen MR) is 84.1 cm³/mol. The topological polar surface area (TPSA) is 69.6 Å². The van der Waals surface area contributed by atoms with Gasteiger partial charge >= 0.3 is 6.03 Å². The predicted octanol–water partition coefficient (Wildman–Crippen LogP) is 2.44. The van der Waals surface area contributed by atoms with E-state index in [-0.39, 0.29) is 6.04 Å². The van der Waals surface area contributed by atoms with Gasteiger partial charge in [0.05, 0.1) is 0 Å². The van der Waals surface area contributed by atoms with Gasteiger partial charge in [-0.15, -0.1) is 0 Å². The maximum absolute atomic E-state index is 12.4. The Morgan fingerprint density at radius 1 is 1.23 bits per heavy atom. The van der Waals surface area contributed by atoms with Crippen molar-refractivity contribution < 1.29 is 14.7 Å². The lowest BCUT2D eigenvalue weighted by Gasteiger charge is -2.33. The number of nitrogens with zero attached hydrogens (tertiary/aromatic N) is 1. The summed E-state index contributed by atoms with van der Waals surface area (Å²) in [7, 11) is 0. The molecule has 0 radical (unpaired) electrons. The van der Waals surface area contributed by atoms with Crippen LogP contribution >= 0.6 is 0 Å². The van der Waals surface area contributed by atoms with E-state index >= 15 is 0 Å². The summed E-state index contributed by atoms with van der Waals surface area (Å²) in [6.07, 6.45) is 3.64. The highest BCUT2D eigenvalue weighted by molar-refractivity contribution is 5.96. The minimum absolute atomic E-state index is 0.105. The lowest BCUT2D eigenvalue weighted by molar-refractivity contribution is -0.138. The molecule has 0 bridgehead atoms. The third kappa shape index (κ3) is 4.31. The summed E-state index contributed by atoms with van der Waals surface area (Å²) >= 11 is 0. The Bertz CT molecular complexity index is 496. The number of hydrogen-bond acceptors (Lipinski definition) is 3. The molecule has 1 aromatic rings. The Kier molecular flexibility index (Phi) is 5.95. The van der Waals surface area contributed by atoms with Crippen molar-refractivity contribution in [3.63, 3.8) is 0 Å². The molecule has 1 atom stereocenters. The molecule has 1 saturated carbocycles. The fraction of sp³-hybridized carbons (Fsp3) is 0.529. The van der Waals surface area contributed by atoms with Gasteiger partial charge in [0, 0.05) is 12.6 Å². The molecule has 1 aromatic carbocycles. The van der Waals surface area contributed by atoms with Crippen LogP contribution in [-0.4, -0.2) is 34.1 Å². The molecule has 0 aliphatic heterocycles. The second-order valence-electron chi connectivity index (χ2n) is 5.82. The fourth-order valence-corrected chi connectivity index (χ4v) is 2.85. The van der Waals surface area contributed by atoms with Crippen LogP contribution in [0.5, 0.6) is 0 Å². The first-order valence-electron chi connectivity index (χ1n) is 7.92. The quantitative estimate of drug-likeness (QED) is 0.897. The summed E-state index contributed by atoms with van der Waals surface area (Å²) in [5.74, 6) is -0.516. The van der Waals surface area contributed by atoms with Crippen molar-refractivity contribution in [1.82, 2.24) is 10.2 Å². The number of urea groups is 1. The SMILES string of the molecule is CC(O)C(=O)N(C(=O)NCc1ccccc1)C1CCCCC1. The third-order valence-electron chi connectivity index (χ3n) is 4.04. The maximum Gasteiger partial charge on any atom is 0.324 e. The lowest BCUT2D eigenvalue weighted by Crippen LogP contribution is -2.52. The average molecular weight is 304 g/mol. The molecular formula is C17H24N2O3. The highest BCUT2D eigenvalue weighted by Gasteiger charge is 2.32. The van der Waals surface area contributed by atoms with Crippen molar-refractivity contribution in [2.45, 2.75) is 57.7 Å². The molecule has 1 aliphatic carbocycles. The van der Waals surface area contributed by atoms with Crippen LogP contribution < -0.4 is 5.32 Å². The highest BCUT2D eigenvalue weighted by atomic mass is 16.3. The zero-order chi connectivity index (χ0) is 15.9. The monoisotopic (exact) mass is 304 g/mol. The lowest BCUT2D eigenvalue weighted by atomic mass is 9.94. The van der Waals surface area contributed by atoms with E-state index < -0.39 is 18.0 Å². The number of rotatable bonds is 4. The minimum Gasteiger partial charge on any atom is -0.384 e. The third-order valence-corrected chi connectivity index (χ3v) is 4.04. The van der Waals surface area contributed by atoms with Crippen LogP contribution in [0.2, 0.25) is 0 Å². The van der Waals surface area contributed by atoms with E-state index in [2.05, 4.69) is 5.32 Å². The Morgan fingerprint density at radius 3 is 2.45 bits per heavy atom. The molecule has 2 rings (SSSR count). The van der Waals surface area contributed by atoms with E-state index in [1.54, 1.807) is 0 Å². The number of aliphatic hydroxyl groups is 1. The van der Waals surface area contributed by atoms with Gasteiger partial charge in [-0.2, -0.15) is 0 Å². The zero-order valence-corrected chi connectivity index (χ0v) is 13.0. The Balaban J connectivity index is 2.03. The molecule has 0 saturated heterocycles. The van der Waals surface area contributed by atoms with E-state index in [1.807, 2.05) is 30.3 Å². The van der Waals surface area contributed by atoms with Crippen LogP contribution in [-0.2, 0) is 11.3 Å². The second-order valence-corrected chi connectivity index (χ2v) is 5.82. The number of nitrogens with one attached hydrogen (secondary N) is 1. The number of hydrogen-bond donors (Lipinski definition) is 2. The Hall–Kier alpha value is -1.88. The molecule has 1 aliphatic rings. The molecule has 120 valence electrons. The number of benzene rings is 1. The number of aliphatic hydroxyl groups excluding tert-OH is 1. The minimum atomic E-state index is -1.16. The number of carbonyl (C=O) groups is 2. The maximum atomic E-state index is 12.4. The molecule has 1 fully saturated rings. The van der Waals surface area contributed by atoms with Gasteiger partial charge in [0.15, 0.2) is 0 Å². The smallest absolute Gasteiger partial charge is 0.324 e. The standard InChI is InChI=1S/C17H24N2O3/c1-13(20)16(21)19(15-10-6-3-7-11-15)17(22)18-12-14-8-4-2-5-9-14/h2,4-5,8-9,13,15,20H,3,6-7,10-12H2,1H3,(H,18,22). The van der Waals surface area contributed by atoms with Crippen molar-refractivity contribution in [2.24, 2.45) is 0 Å². The van der Waals surface area contributed by atoms with Crippen LogP contribution in [0.1, 0.15) is 44.6 Å². The molecular weight excluding hydrogens is 280 g/mol. The molecule has 3 amide bonds. The zero-order valence-electron chi connectivity index (χ0n) is 13.0. The molecule has 5 nitrogen and oxygen atoms in total. The molecule has 1 unspecified atom stereocenters. The summed E-state index contributed by atoms with van der Waals surface area (Å²) in [5.41, 5.74) is 0.976. The van der Waals surface area contributed by atoms with Crippen LogP contribution in [0.4, 0.5) is 4.79 Å². The Labute approximate surface area is 131 Å².